The molecule has 2 rings (SSSR count). The van der Waals surface area contributed by atoms with E-state index in [9.17, 15) is 0 Å². The predicted molar refractivity (Wildman–Crippen MR) is 92.3 cm³/mol. The monoisotopic (exact) mass is 390 g/mol. The topological polar surface area (TPSA) is 62.9 Å². The zero-order valence-electron chi connectivity index (χ0n) is 11.8. The third kappa shape index (κ3) is 5.64. The van der Waals surface area contributed by atoms with Crippen molar-refractivity contribution in [2.24, 2.45) is 10.7 Å². The Hall–Kier alpha value is -0.860. The average Bonchev–Trinajstić information content (AvgIpc) is 2.46. The molecule has 0 aliphatic carbocycles. The quantitative estimate of drug-likeness (QED) is 0.461. The minimum Gasteiger partial charge on any atom is -0.379 e. The Labute approximate surface area is 137 Å². The van der Waals surface area contributed by atoms with Crippen LogP contribution in [0, 0.1) is 0 Å². The van der Waals surface area contributed by atoms with Crippen molar-refractivity contribution in [2.45, 2.75) is 13.1 Å². The second-order valence-corrected chi connectivity index (χ2v) is 4.67. The van der Waals surface area contributed by atoms with E-state index in [1.165, 1.54) is 11.1 Å². The molecule has 0 amide bonds. The number of rotatable bonds is 4. The summed E-state index contributed by atoms with van der Waals surface area (Å²) in [5.41, 5.74) is 8.17. The van der Waals surface area contributed by atoms with Gasteiger partial charge in [-0.2, -0.15) is 0 Å². The lowest BCUT2D eigenvalue weighted by Crippen LogP contribution is -2.35. The second-order valence-electron chi connectivity index (χ2n) is 4.67. The van der Waals surface area contributed by atoms with E-state index >= 15 is 0 Å². The number of aliphatic imine (C=N–C) groups is 1. The van der Waals surface area contributed by atoms with E-state index in [1.807, 2.05) is 0 Å². The molecule has 1 aromatic carbocycles. The number of nitrogens with one attached hydrogen (secondary N) is 1. The van der Waals surface area contributed by atoms with Crippen LogP contribution < -0.4 is 11.1 Å². The lowest BCUT2D eigenvalue weighted by atomic mass is 10.1. The van der Waals surface area contributed by atoms with Crippen LogP contribution in [0.4, 0.5) is 0 Å². The summed E-state index contributed by atoms with van der Waals surface area (Å²) in [5.74, 6) is 0.471. The molecule has 0 saturated carbocycles. The fourth-order valence-electron chi connectivity index (χ4n) is 2.13. The molecular formula is C14H23IN4O. The summed E-state index contributed by atoms with van der Waals surface area (Å²) in [7, 11) is 1.68. The van der Waals surface area contributed by atoms with Gasteiger partial charge in [-0.3, -0.25) is 9.89 Å². The van der Waals surface area contributed by atoms with Crippen molar-refractivity contribution in [2.75, 3.05) is 33.4 Å². The Morgan fingerprint density at radius 3 is 2.75 bits per heavy atom. The van der Waals surface area contributed by atoms with Crippen LogP contribution in [0.2, 0.25) is 0 Å². The van der Waals surface area contributed by atoms with Crippen molar-refractivity contribution in [1.29, 1.82) is 0 Å². The lowest BCUT2D eigenvalue weighted by Gasteiger charge is -2.26. The van der Waals surface area contributed by atoms with E-state index in [-0.39, 0.29) is 24.0 Å². The van der Waals surface area contributed by atoms with E-state index in [0.29, 0.717) is 12.5 Å². The van der Waals surface area contributed by atoms with Crippen LogP contribution in [-0.2, 0) is 17.8 Å². The number of nitrogens with zero attached hydrogens (tertiary/aromatic N) is 2. The Morgan fingerprint density at radius 1 is 1.35 bits per heavy atom. The molecule has 112 valence electrons. The summed E-state index contributed by atoms with van der Waals surface area (Å²) < 4.78 is 5.36. The molecule has 1 saturated heterocycles. The van der Waals surface area contributed by atoms with E-state index in [2.05, 4.69) is 39.5 Å². The van der Waals surface area contributed by atoms with E-state index < -0.39 is 0 Å². The number of halogens is 1. The number of hydrogen-bond acceptors (Lipinski definition) is 3. The van der Waals surface area contributed by atoms with Crippen LogP contribution in [0.3, 0.4) is 0 Å². The molecule has 20 heavy (non-hydrogen) atoms. The maximum Gasteiger partial charge on any atom is 0.188 e. The van der Waals surface area contributed by atoms with Gasteiger partial charge in [-0.1, -0.05) is 24.3 Å². The maximum absolute atomic E-state index is 5.63. The van der Waals surface area contributed by atoms with Gasteiger partial charge in [0.25, 0.3) is 0 Å². The molecule has 0 radical (unpaired) electrons. The Bertz CT molecular complexity index is 433. The Balaban J connectivity index is 0.00000200. The summed E-state index contributed by atoms with van der Waals surface area (Å²) in [5, 5.41) is 3.07. The van der Waals surface area contributed by atoms with Crippen LogP contribution in [0.1, 0.15) is 11.1 Å². The van der Waals surface area contributed by atoms with Crippen LogP contribution >= 0.6 is 24.0 Å². The minimum absolute atomic E-state index is 0. The predicted octanol–water partition coefficient (Wildman–Crippen LogP) is 1.17. The van der Waals surface area contributed by atoms with Gasteiger partial charge in [0.05, 0.1) is 13.2 Å². The number of guanidine groups is 1. The van der Waals surface area contributed by atoms with Crippen LogP contribution in [0.25, 0.3) is 0 Å². The first-order valence-electron chi connectivity index (χ1n) is 6.62. The third-order valence-corrected chi connectivity index (χ3v) is 3.22. The fourth-order valence-corrected chi connectivity index (χ4v) is 2.13. The molecule has 1 aliphatic heterocycles. The van der Waals surface area contributed by atoms with Gasteiger partial charge in [-0.05, 0) is 11.1 Å². The lowest BCUT2D eigenvalue weighted by molar-refractivity contribution is 0.0342. The van der Waals surface area contributed by atoms with E-state index in [4.69, 9.17) is 10.5 Å². The Morgan fingerprint density at radius 2 is 2.05 bits per heavy atom. The van der Waals surface area contributed by atoms with Crippen molar-refractivity contribution in [3.8, 4) is 0 Å². The largest absolute Gasteiger partial charge is 0.379 e. The molecule has 1 fully saturated rings. The number of hydrogen-bond donors (Lipinski definition) is 2. The summed E-state index contributed by atoms with van der Waals surface area (Å²) in [6.07, 6.45) is 0. The molecule has 1 aromatic rings. The highest BCUT2D eigenvalue weighted by Crippen LogP contribution is 2.09. The van der Waals surface area contributed by atoms with Gasteiger partial charge in [-0.25, -0.2) is 0 Å². The van der Waals surface area contributed by atoms with Gasteiger partial charge in [0.2, 0.25) is 0 Å². The number of ether oxygens (including phenoxy) is 1. The molecule has 0 unspecified atom stereocenters. The zero-order chi connectivity index (χ0) is 13.5. The van der Waals surface area contributed by atoms with Crippen molar-refractivity contribution in [1.82, 2.24) is 10.2 Å². The number of benzene rings is 1. The average molecular weight is 390 g/mol. The van der Waals surface area contributed by atoms with Crippen molar-refractivity contribution in [3.05, 3.63) is 35.4 Å². The summed E-state index contributed by atoms with van der Waals surface area (Å²) in [6, 6.07) is 8.56. The number of nitrogens with two attached hydrogens (primary N) is 1. The molecule has 6 heteroatoms. The van der Waals surface area contributed by atoms with Crippen molar-refractivity contribution < 1.29 is 4.74 Å². The van der Waals surface area contributed by atoms with Gasteiger partial charge in [0, 0.05) is 33.2 Å². The van der Waals surface area contributed by atoms with Crippen LogP contribution in [0.15, 0.2) is 29.3 Å². The third-order valence-electron chi connectivity index (χ3n) is 3.22. The van der Waals surface area contributed by atoms with Crippen molar-refractivity contribution >= 4 is 29.9 Å². The standard InChI is InChI=1S/C14H22N4O.HI/c1-16-14(15)17-10-12-3-2-4-13(9-12)11-18-5-7-19-8-6-18;/h2-4,9H,5-8,10-11H2,1H3,(H3,15,16,17);1H. The van der Waals surface area contributed by atoms with Crippen molar-refractivity contribution in [3.63, 3.8) is 0 Å². The highest BCUT2D eigenvalue weighted by atomic mass is 127. The maximum atomic E-state index is 5.63. The van der Waals surface area contributed by atoms with E-state index in [1.54, 1.807) is 7.05 Å². The molecular weight excluding hydrogens is 367 g/mol. The summed E-state index contributed by atoms with van der Waals surface area (Å²) >= 11 is 0. The molecule has 1 aliphatic rings. The van der Waals surface area contributed by atoms with Gasteiger partial charge >= 0.3 is 0 Å². The SMILES string of the molecule is CN=C(N)NCc1cccc(CN2CCOCC2)c1.I. The van der Waals surface area contributed by atoms with Crippen LogP contribution in [-0.4, -0.2) is 44.2 Å². The molecule has 0 spiro atoms. The highest BCUT2D eigenvalue weighted by Gasteiger charge is 2.10. The molecule has 0 atom stereocenters. The van der Waals surface area contributed by atoms with Gasteiger partial charge in [0.1, 0.15) is 0 Å². The molecule has 3 N–H and O–H groups in total. The molecule has 0 bridgehead atoms. The molecule has 1 heterocycles. The van der Waals surface area contributed by atoms with Gasteiger partial charge < -0.3 is 15.8 Å². The summed E-state index contributed by atoms with van der Waals surface area (Å²) in [4.78, 5) is 6.30. The first kappa shape index (κ1) is 17.2. The highest BCUT2D eigenvalue weighted by molar-refractivity contribution is 14.0. The Kier molecular flexibility index (Phi) is 7.86. The fraction of sp³-hybridized carbons (Fsp3) is 0.500. The smallest absolute Gasteiger partial charge is 0.188 e. The first-order chi connectivity index (χ1) is 9.28. The molecule has 0 aromatic heterocycles. The summed E-state index contributed by atoms with van der Waals surface area (Å²) in [6.45, 7) is 5.39. The minimum atomic E-state index is 0. The van der Waals surface area contributed by atoms with Gasteiger partial charge in [0.15, 0.2) is 5.96 Å². The normalized spacial score (nSPS) is 16.6. The zero-order valence-corrected chi connectivity index (χ0v) is 14.2. The molecule has 5 nitrogen and oxygen atoms in total. The first-order valence-corrected chi connectivity index (χ1v) is 6.62. The van der Waals surface area contributed by atoms with E-state index in [0.717, 1.165) is 32.8 Å². The van der Waals surface area contributed by atoms with Crippen LogP contribution in [0.5, 0.6) is 0 Å². The second kappa shape index (κ2) is 9.15. The van der Waals surface area contributed by atoms with Gasteiger partial charge in [-0.15, -0.1) is 24.0 Å². The number of morpholine rings is 1.